The zero-order valence-corrected chi connectivity index (χ0v) is 12.6. The number of anilines is 1. The number of benzene rings is 1. The van der Waals surface area contributed by atoms with Gasteiger partial charge in [-0.25, -0.2) is 4.79 Å². The van der Waals surface area contributed by atoms with Crippen molar-refractivity contribution in [3.05, 3.63) is 28.2 Å². The molecule has 6 heteroatoms. The Morgan fingerprint density at radius 3 is 2.65 bits per heavy atom. The highest BCUT2D eigenvalue weighted by atomic mass is 79.9. The minimum absolute atomic E-state index is 0.271. The molecule has 0 radical (unpaired) electrons. The molecule has 0 aromatic heterocycles. The summed E-state index contributed by atoms with van der Waals surface area (Å²) in [6, 6.07) is 4.21. The molecule has 1 saturated heterocycles. The zero-order chi connectivity index (χ0) is 14.7. The summed E-state index contributed by atoms with van der Waals surface area (Å²) in [6.45, 7) is 0.474. The lowest BCUT2D eigenvalue weighted by Gasteiger charge is -2.27. The van der Waals surface area contributed by atoms with Crippen molar-refractivity contribution in [2.24, 2.45) is 0 Å². The van der Waals surface area contributed by atoms with Gasteiger partial charge in [-0.15, -0.1) is 0 Å². The number of hydrogen-bond acceptors (Lipinski definition) is 3. The van der Waals surface area contributed by atoms with Crippen LogP contribution in [0, 0.1) is 0 Å². The number of halogens is 1. The van der Waals surface area contributed by atoms with Gasteiger partial charge in [0.15, 0.2) is 0 Å². The molecule has 2 rings (SSSR count). The molecule has 3 N–H and O–H groups in total. The van der Waals surface area contributed by atoms with E-state index in [2.05, 4.69) is 15.9 Å². The van der Waals surface area contributed by atoms with Gasteiger partial charge in [0.2, 0.25) is 0 Å². The molecule has 0 saturated carbocycles. The number of nitrogens with two attached hydrogens (primary N) is 1. The fourth-order valence-corrected chi connectivity index (χ4v) is 3.02. The molecule has 1 amide bonds. The monoisotopic (exact) mass is 340 g/mol. The normalized spacial score (nSPS) is 19.4. The number of carbonyl (C=O) groups excluding carboxylic acids is 1. The van der Waals surface area contributed by atoms with E-state index in [-0.39, 0.29) is 5.91 Å². The van der Waals surface area contributed by atoms with Crippen LogP contribution < -0.4 is 5.73 Å². The number of carboxylic acid groups (broad SMARTS) is 1. The molecule has 1 heterocycles. The molecule has 0 aliphatic carbocycles. The van der Waals surface area contributed by atoms with Crippen LogP contribution in [0.1, 0.15) is 36.0 Å². The molecule has 108 valence electrons. The predicted molar refractivity (Wildman–Crippen MR) is 79.5 cm³/mol. The number of carboxylic acids is 1. The molecule has 1 atom stereocenters. The van der Waals surface area contributed by atoms with Gasteiger partial charge in [0.1, 0.15) is 6.04 Å². The number of carbonyl (C=O) groups is 2. The highest BCUT2D eigenvalue weighted by molar-refractivity contribution is 9.10. The van der Waals surface area contributed by atoms with Crippen molar-refractivity contribution < 1.29 is 14.7 Å². The van der Waals surface area contributed by atoms with Crippen molar-refractivity contribution in [3.63, 3.8) is 0 Å². The second-order valence-electron chi connectivity index (χ2n) is 4.98. The van der Waals surface area contributed by atoms with E-state index in [0.29, 0.717) is 28.7 Å². The molecule has 1 aliphatic rings. The Labute approximate surface area is 125 Å². The number of rotatable bonds is 2. The maximum absolute atomic E-state index is 12.6. The standard InChI is InChI=1S/C14H17BrN2O3/c15-10-6-9(7-11(16)8-10)13(18)17-5-3-1-2-4-12(17)14(19)20/h6-8,12H,1-5,16H2,(H,19,20). The Hall–Kier alpha value is -1.56. The molecule has 20 heavy (non-hydrogen) atoms. The highest BCUT2D eigenvalue weighted by Gasteiger charge is 2.31. The van der Waals surface area contributed by atoms with Crippen LogP contribution in [0.15, 0.2) is 22.7 Å². The third kappa shape index (κ3) is 3.30. The predicted octanol–water partition coefficient (Wildman–Crippen LogP) is 2.50. The van der Waals surface area contributed by atoms with Gasteiger partial charge in [-0.3, -0.25) is 4.79 Å². The minimum atomic E-state index is -0.941. The molecule has 1 fully saturated rings. The van der Waals surface area contributed by atoms with E-state index in [1.54, 1.807) is 18.2 Å². The summed E-state index contributed by atoms with van der Waals surface area (Å²) < 4.78 is 0.711. The molecule has 5 nitrogen and oxygen atoms in total. The third-order valence-corrected chi connectivity index (χ3v) is 3.92. The summed E-state index contributed by atoms with van der Waals surface area (Å²) in [5, 5.41) is 9.31. The van der Waals surface area contributed by atoms with Crippen LogP contribution in [-0.4, -0.2) is 34.5 Å². The Kier molecular flexibility index (Phi) is 4.65. The number of nitrogen functional groups attached to an aromatic ring is 1. The average Bonchev–Trinajstić information content (AvgIpc) is 2.62. The molecule has 1 aliphatic heterocycles. The van der Waals surface area contributed by atoms with E-state index in [0.717, 1.165) is 19.3 Å². The van der Waals surface area contributed by atoms with Gasteiger partial charge >= 0.3 is 5.97 Å². The minimum Gasteiger partial charge on any atom is -0.480 e. The van der Waals surface area contributed by atoms with E-state index in [9.17, 15) is 14.7 Å². The van der Waals surface area contributed by atoms with Crippen molar-refractivity contribution in [2.45, 2.75) is 31.7 Å². The van der Waals surface area contributed by atoms with Gasteiger partial charge in [0.25, 0.3) is 5.91 Å². The molecule has 1 aromatic rings. The summed E-state index contributed by atoms with van der Waals surface area (Å²) >= 11 is 3.30. The van der Waals surface area contributed by atoms with Crippen molar-refractivity contribution in [1.29, 1.82) is 0 Å². The van der Waals surface area contributed by atoms with E-state index in [1.165, 1.54) is 4.90 Å². The fourth-order valence-electron chi connectivity index (χ4n) is 2.51. The van der Waals surface area contributed by atoms with Gasteiger partial charge in [-0.05, 0) is 31.0 Å². The van der Waals surface area contributed by atoms with Crippen molar-refractivity contribution in [2.75, 3.05) is 12.3 Å². The highest BCUT2D eigenvalue weighted by Crippen LogP contribution is 2.23. The number of hydrogen-bond donors (Lipinski definition) is 2. The molecule has 0 bridgehead atoms. The lowest BCUT2D eigenvalue weighted by molar-refractivity contribution is -0.142. The van der Waals surface area contributed by atoms with Crippen LogP contribution in [0.4, 0.5) is 5.69 Å². The maximum Gasteiger partial charge on any atom is 0.326 e. The topological polar surface area (TPSA) is 83.6 Å². The molecule has 1 aromatic carbocycles. The number of amides is 1. The largest absolute Gasteiger partial charge is 0.480 e. The smallest absolute Gasteiger partial charge is 0.326 e. The van der Waals surface area contributed by atoms with E-state index < -0.39 is 12.0 Å². The summed E-state index contributed by atoms with van der Waals surface area (Å²) in [7, 11) is 0. The summed E-state index contributed by atoms with van der Waals surface area (Å²) in [4.78, 5) is 25.4. The lowest BCUT2D eigenvalue weighted by Crippen LogP contribution is -2.44. The lowest BCUT2D eigenvalue weighted by atomic mass is 10.1. The number of likely N-dealkylation sites (tertiary alicyclic amines) is 1. The van der Waals surface area contributed by atoms with Crippen LogP contribution in [0.5, 0.6) is 0 Å². The van der Waals surface area contributed by atoms with Crippen molar-refractivity contribution >= 4 is 33.5 Å². The first kappa shape index (κ1) is 14.8. The second-order valence-corrected chi connectivity index (χ2v) is 5.89. The Balaban J connectivity index is 2.30. The van der Waals surface area contributed by atoms with Crippen LogP contribution in [-0.2, 0) is 4.79 Å². The van der Waals surface area contributed by atoms with Gasteiger partial charge in [0.05, 0.1) is 0 Å². The van der Waals surface area contributed by atoms with Gasteiger partial charge in [-0.1, -0.05) is 28.8 Å². The molecule has 0 spiro atoms. The number of aliphatic carboxylic acids is 1. The Morgan fingerprint density at radius 1 is 1.25 bits per heavy atom. The third-order valence-electron chi connectivity index (χ3n) is 3.47. The second kappa shape index (κ2) is 6.26. The first-order chi connectivity index (χ1) is 9.49. The number of nitrogens with zero attached hydrogens (tertiary/aromatic N) is 1. The quantitative estimate of drug-likeness (QED) is 0.810. The van der Waals surface area contributed by atoms with Gasteiger partial charge in [-0.2, -0.15) is 0 Å². The summed E-state index contributed by atoms with van der Waals surface area (Å²) in [5.74, 6) is -1.21. The summed E-state index contributed by atoms with van der Waals surface area (Å²) in [6.07, 6.45) is 3.12. The van der Waals surface area contributed by atoms with Gasteiger partial charge < -0.3 is 15.7 Å². The van der Waals surface area contributed by atoms with Gasteiger partial charge in [0, 0.05) is 22.3 Å². The average molecular weight is 341 g/mol. The first-order valence-electron chi connectivity index (χ1n) is 6.59. The zero-order valence-electron chi connectivity index (χ0n) is 11.0. The van der Waals surface area contributed by atoms with Crippen LogP contribution in [0.2, 0.25) is 0 Å². The van der Waals surface area contributed by atoms with Crippen LogP contribution in [0.25, 0.3) is 0 Å². The SMILES string of the molecule is Nc1cc(Br)cc(C(=O)N2CCCCCC2C(=O)O)c1. The van der Waals surface area contributed by atoms with Crippen molar-refractivity contribution in [1.82, 2.24) is 4.90 Å². The summed E-state index contributed by atoms with van der Waals surface area (Å²) in [5.41, 5.74) is 6.63. The molecule has 1 unspecified atom stereocenters. The Morgan fingerprint density at radius 2 is 2.00 bits per heavy atom. The van der Waals surface area contributed by atoms with Crippen molar-refractivity contribution in [3.8, 4) is 0 Å². The molecular weight excluding hydrogens is 324 g/mol. The van der Waals surface area contributed by atoms with E-state index in [4.69, 9.17) is 5.73 Å². The van der Waals surface area contributed by atoms with Crippen LogP contribution >= 0.6 is 15.9 Å². The Bertz CT molecular complexity index is 513. The van der Waals surface area contributed by atoms with E-state index in [1.807, 2.05) is 0 Å². The van der Waals surface area contributed by atoms with E-state index >= 15 is 0 Å². The first-order valence-corrected chi connectivity index (χ1v) is 7.38. The maximum atomic E-state index is 12.6. The van der Waals surface area contributed by atoms with Crippen LogP contribution in [0.3, 0.4) is 0 Å². The fraction of sp³-hybridized carbons (Fsp3) is 0.429. The molecular formula is C14H17BrN2O3.